The molecule has 155 valence electrons. The van der Waals surface area contributed by atoms with Crippen LogP contribution in [0.2, 0.25) is 13.1 Å². The zero-order valence-corrected chi connectivity index (χ0v) is 22.5. The maximum atomic E-state index is 9.59. The molecule has 0 aromatic heterocycles. The summed E-state index contributed by atoms with van der Waals surface area (Å²) in [5, 5.41) is 18.5. The van der Waals surface area contributed by atoms with Crippen molar-refractivity contribution < 1.29 is 56.1 Å². The van der Waals surface area contributed by atoms with Gasteiger partial charge in [-0.15, -0.1) is 33.7 Å². The molecule has 1 aliphatic heterocycles. The fourth-order valence-corrected chi connectivity index (χ4v) is 8.90. The molecule has 0 bridgehead atoms. The van der Waals surface area contributed by atoms with Crippen molar-refractivity contribution in [2.75, 3.05) is 6.61 Å². The van der Waals surface area contributed by atoms with Gasteiger partial charge in [0.1, 0.15) is 8.07 Å². The number of allylic oxidation sites excluding steroid dienone is 1. The second-order valence-corrected chi connectivity index (χ2v) is 13.0. The predicted octanol–water partition coefficient (Wildman–Crippen LogP) is -1.24. The Morgan fingerprint density at radius 3 is 2.45 bits per heavy atom. The van der Waals surface area contributed by atoms with Gasteiger partial charge in [-0.3, -0.25) is 0 Å². The fraction of sp³-hybridized carbons (Fsp3) is 0.192. The Balaban J connectivity index is 0.000000907. The van der Waals surface area contributed by atoms with Crippen molar-refractivity contribution >= 4 is 45.6 Å². The number of aliphatic hydroxyl groups is 1. The molecule has 1 unspecified atom stereocenters. The van der Waals surface area contributed by atoms with Gasteiger partial charge in [0.15, 0.2) is 0 Å². The van der Waals surface area contributed by atoms with Gasteiger partial charge in [-0.25, -0.2) is 0 Å². The van der Waals surface area contributed by atoms with E-state index in [9.17, 15) is 5.11 Å². The zero-order valence-electron chi connectivity index (χ0n) is 17.5. The van der Waals surface area contributed by atoms with E-state index in [1.165, 1.54) is 38.2 Å². The molecule has 1 atom stereocenters. The average molecular weight is 542 g/mol. The average Bonchev–Trinajstić information content (AvgIpc) is 3.01. The Labute approximate surface area is 215 Å². The molecule has 0 saturated carbocycles. The minimum Gasteiger partial charge on any atom is -1.00 e. The van der Waals surface area contributed by atoms with Crippen LogP contribution in [0.15, 0.2) is 66.7 Å². The summed E-state index contributed by atoms with van der Waals surface area (Å²) in [6.07, 6.45) is 3.16. The summed E-state index contributed by atoms with van der Waals surface area (Å²) in [4.78, 5) is 0. The van der Waals surface area contributed by atoms with Crippen molar-refractivity contribution in [1.82, 2.24) is 0 Å². The van der Waals surface area contributed by atoms with Crippen molar-refractivity contribution in [3.8, 4) is 0 Å². The molecule has 0 amide bonds. The summed E-state index contributed by atoms with van der Waals surface area (Å²) in [5.74, 6) is 0.307. The summed E-state index contributed by atoms with van der Waals surface area (Å²) in [6.45, 7) is 5.18. The minimum absolute atomic E-state index is 0. The molecule has 31 heavy (non-hydrogen) atoms. The van der Waals surface area contributed by atoms with Crippen LogP contribution < -0.4 is 35.2 Å². The van der Waals surface area contributed by atoms with E-state index in [0.717, 1.165) is 6.42 Å². The first-order chi connectivity index (χ1) is 13.6. The van der Waals surface area contributed by atoms with Gasteiger partial charge in [-0.1, -0.05) is 83.6 Å². The summed E-state index contributed by atoms with van der Waals surface area (Å²) in [5.41, 5.74) is 5.57. The number of halogens is 2. The Bertz CT molecular complexity index is 1320. The summed E-state index contributed by atoms with van der Waals surface area (Å²) in [6, 6.07) is 22.5. The fourth-order valence-electron chi connectivity index (χ4n) is 5.48. The molecule has 0 fully saturated rings. The Kier molecular flexibility index (Phi) is 6.88. The zero-order chi connectivity index (χ0) is 19.0. The van der Waals surface area contributed by atoms with Gasteiger partial charge in [0.05, 0.1) is 0 Å². The third kappa shape index (κ3) is 3.45. The van der Waals surface area contributed by atoms with E-state index in [1.807, 2.05) is 0 Å². The molecule has 2 aliphatic rings. The van der Waals surface area contributed by atoms with Crippen LogP contribution in [0.25, 0.3) is 27.1 Å². The summed E-state index contributed by atoms with van der Waals surface area (Å²) in [7, 11) is -1.44. The molecule has 5 heteroatoms. The standard InChI is InChI=1S/C26H23OSi.2ClH.Zr/c1-28(2)24-15-21-19-9-4-3-7-16(19)13-23(21)25(26(24)28)22-14-17(11-12-27)18-8-5-6-10-20(18)22;;;/h3-10,13-15,22,27H,11-12H2,1-2H3;2*1H;/q-1;;;+3/p-2. The van der Waals surface area contributed by atoms with Gasteiger partial charge >= 0.3 is 26.2 Å². The van der Waals surface area contributed by atoms with Crippen LogP contribution in [0.3, 0.4) is 0 Å². The van der Waals surface area contributed by atoms with Gasteiger partial charge in [0, 0.05) is 12.5 Å². The van der Waals surface area contributed by atoms with Crippen molar-refractivity contribution in [2.24, 2.45) is 0 Å². The van der Waals surface area contributed by atoms with Gasteiger partial charge in [0.25, 0.3) is 0 Å². The van der Waals surface area contributed by atoms with E-state index in [-0.39, 0.29) is 57.6 Å². The van der Waals surface area contributed by atoms with Gasteiger partial charge in [-0.2, -0.15) is 0 Å². The SMILES string of the molecule is C[Si]1(C)c2cc3c([cH-]c4ccccc43)c(C3C=C(CCO)c4ccccc43)c21.[Cl-].[Cl-].[Zr+3]. The molecule has 1 heterocycles. The Morgan fingerprint density at radius 2 is 1.68 bits per heavy atom. The van der Waals surface area contributed by atoms with Gasteiger partial charge in [0.2, 0.25) is 0 Å². The number of fused-ring (bicyclic) bond motifs is 5. The first-order valence-corrected chi connectivity index (χ1v) is 13.2. The van der Waals surface area contributed by atoms with Crippen LogP contribution in [0.5, 0.6) is 0 Å². The molecular formula is C26H23Cl2OSiZr. The molecule has 4 aromatic carbocycles. The summed E-state index contributed by atoms with van der Waals surface area (Å²) < 4.78 is 0. The molecule has 0 saturated heterocycles. The van der Waals surface area contributed by atoms with Crippen molar-refractivity contribution in [3.63, 3.8) is 0 Å². The van der Waals surface area contributed by atoms with E-state index in [0.29, 0.717) is 5.92 Å². The second kappa shape index (κ2) is 8.69. The third-order valence-electron chi connectivity index (χ3n) is 6.90. The monoisotopic (exact) mass is 539 g/mol. The molecule has 1 aliphatic carbocycles. The van der Waals surface area contributed by atoms with E-state index in [4.69, 9.17) is 0 Å². The normalized spacial score (nSPS) is 17.1. The second-order valence-electron chi connectivity index (χ2n) is 8.76. The number of rotatable bonds is 3. The molecular weight excluding hydrogens is 519 g/mol. The van der Waals surface area contributed by atoms with E-state index < -0.39 is 8.07 Å². The van der Waals surface area contributed by atoms with Gasteiger partial charge in [-0.05, 0) is 23.1 Å². The maximum Gasteiger partial charge on any atom is 3.00 e. The van der Waals surface area contributed by atoms with E-state index in [2.05, 4.69) is 79.8 Å². The van der Waals surface area contributed by atoms with Crippen LogP contribution in [0.1, 0.15) is 29.0 Å². The van der Waals surface area contributed by atoms with Crippen LogP contribution in [-0.4, -0.2) is 19.8 Å². The molecule has 1 radical (unpaired) electrons. The van der Waals surface area contributed by atoms with Crippen LogP contribution in [-0.2, 0) is 26.2 Å². The van der Waals surface area contributed by atoms with Crippen molar-refractivity contribution in [1.29, 1.82) is 0 Å². The first-order valence-electron chi connectivity index (χ1n) is 10.2. The minimum atomic E-state index is -1.44. The largest absolute Gasteiger partial charge is 3.00 e. The van der Waals surface area contributed by atoms with Gasteiger partial charge < -0.3 is 29.9 Å². The molecule has 4 aromatic rings. The number of hydrogen-bond donors (Lipinski definition) is 1. The molecule has 0 spiro atoms. The smallest absolute Gasteiger partial charge is 1.00 e. The van der Waals surface area contributed by atoms with Crippen molar-refractivity contribution in [3.05, 3.63) is 83.4 Å². The number of benzene rings is 3. The topological polar surface area (TPSA) is 20.2 Å². The predicted molar refractivity (Wildman–Crippen MR) is 122 cm³/mol. The Morgan fingerprint density at radius 1 is 0.968 bits per heavy atom. The van der Waals surface area contributed by atoms with E-state index >= 15 is 0 Å². The first kappa shape index (κ1) is 24.6. The molecule has 6 rings (SSSR count). The van der Waals surface area contributed by atoms with Crippen LogP contribution in [0, 0.1) is 0 Å². The third-order valence-corrected chi connectivity index (χ3v) is 10.2. The summed E-state index contributed by atoms with van der Waals surface area (Å²) >= 11 is 0. The molecule has 1 N–H and O–H groups in total. The number of hydrogen-bond acceptors (Lipinski definition) is 1. The Hall–Kier alpha value is -1.09. The number of aliphatic hydroxyl groups excluding tert-OH is 1. The maximum absolute atomic E-state index is 9.59. The van der Waals surface area contributed by atoms with Crippen LogP contribution >= 0.6 is 0 Å². The quantitative estimate of drug-likeness (QED) is 0.254. The van der Waals surface area contributed by atoms with Crippen molar-refractivity contribution in [2.45, 2.75) is 25.4 Å². The van der Waals surface area contributed by atoms with Crippen LogP contribution in [0.4, 0.5) is 0 Å². The van der Waals surface area contributed by atoms with E-state index in [1.54, 1.807) is 15.9 Å². The molecule has 1 nitrogen and oxygen atoms in total.